The van der Waals surface area contributed by atoms with Crippen molar-refractivity contribution in [2.24, 2.45) is 11.3 Å². The summed E-state index contributed by atoms with van der Waals surface area (Å²) < 4.78 is 0. The van der Waals surface area contributed by atoms with Crippen LogP contribution in [-0.2, 0) is 9.59 Å². The van der Waals surface area contributed by atoms with E-state index in [1.54, 1.807) is 16.7 Å². The molecule has 1 rings (SSSR count). The van der Waals surface area contributed by atoms with Crippen molar-refractivity contribution < 1.29 is 14.7 Å². The molecule has 0 saturated carbocycles. The Morgan fingerprint density at radius 1 is 1.44 bits per heavy atom. The summed E-state index contributed by atoms with van der Waals surface area (Å²) in [5.41, 5.74) is -0.741. The van der Waals surface area contributed by atoms with E-state index in [1.165, 1.54) is 0 Å². The third-order valence-corrected chi connectivity index (χ3v) is 4.62. The van der Waals surface area contributed by atoms with Crippen molar-refractivity contribution in [2.75, 3.05) is 25.1 Å². The highest BCUT2D eigenvalue weighted by Gasteiger charge is 2.48. The van der Waals surface area contributed by atoms with Crippen molar-refractivity contribution in [1.82, 2.24) is 4.90 Å². The highest BCUT2D eigenvalue weighted by molar-refractivity contribution is 7.98. The van der Waals surface area contributed by atoms with E-state index >= 15 is 0 Å². The fraction of sp³-hybridized carbons (Fsp3) is 0.846. The molecule has 4 nitrogen and oxygen atoms in total. The third kappa shape index (κ3) is 3.19. The van der Waals surface area contributed by atoms with Crippen molar-refractivity contribution in [2.45, 2.75) is 33.1 Å². The van der Waals surface area contributed by atoms with Crippen molar-refractivity contribution in [3.8, 4) is 0 Å². The lowest BCUT2D eigenvalue weighted by Gasteiger charge is -2.28. The van der Waals surface area contributed by atoms with E-state index in [0.717, 1.165) is 12.2 Å². The van der Waals surface area contributed by atoms with Gasteiger partial charge in [0.05, 0.1) is 5.41 Å². The van der Waals surface area contributed by atoms with Crippen LogP contribution in [0.4, 0.5) is 0 Å². The van der Waals surface area contributed by atoms with Crippen LogP contribution < -0.4 is 0 Å². The molecule has 1 saturated heterocycles. The zero-order valence-corrected chi connectivity index (χ0v) is 12.3. The van der Waals surface area contributed by atoms with Crippen LogP contribution in [0.15, 0.2) is 0 Å². The van der Waals surface area contributed by atoms with E-state index < -0.39 is 11.4 Å². The van der Waals surface area contributed by atoms with E-state index in [0.29, 0.717) is 25.9 Å². The summed E-state index contributed by atoms with van der Waals surface area (Å²) in [6.45, 7) is 4.81. The zero-order chi connectivity index (χ0) is 13.8. The Hall–Kier alpha value is -0.710. The van der Waals surface area contributed by atoms with Crippen LogP contribution in [0, 0.1) is 11.3 Å². The van der Waals surface area contributed by atoms with Crippen LogP contribution in [0.3, 0.4) is 0 Å². The van der Waals surface area contributed by atoms with Gasteiger partial charge in [0.2, 0.25) is 5.91 Å². The van der Waals surface area contributed by atoms with Crippen LogP contribution >= 0.6 is 11.8 Å². The molecule has 0 aromatic rings. The Bertz CT molecular complexity index is 319. The molecule has 0 aliphatic carbocycles. The minimum Gasteiger partial charge on any atom is -0.481 e. The van der Waals surface area contributed by atoms with Gasteiger partial charge in [-0.05, 0) is 30.8 Å². The smallest absolute Gasteiger partial charge is 0.311 e. The summed E-state index contributed by atoms with van der Waals surface area (Å²) in [4.78, 5) is 25.2. The Morgan fingerprint density at radius 3 is 2.56 bits per heavy atom. The van der Waals surface area contributed by atoms with Crippen LogP contribution in [-0.4, -0.2) is 47.0 Å². The van der Waals surface area contributed by atoms with Gasteiger partial charge in [-0.2, -0.15) is 11.8 Å². The van der Waals surface area contributed by atoms with E-state index in [-0.39, 0.29) is 11.8 Å². The van der Waals surface area contributed by atoms with Crippen molar-refractivity contribution in [1.29, 1.82) is 0 Å². The second kappa shape index (κ2) is 6.45. The third-order valence-electron chi connectivity index (χ3n) is 3.92. The van der Waals surface area contributed by atoms with E-state index in [2.05, 4.69) is 0 Å². The van der Waals surface area contributed by atoms with E-state index in [9.17, 15) is 14.7 Å². The summed E-state index contributed by atoms with van der Waals surface area (Å²) in [6, 6.07) is 0. The minimum atomic E-state index is -0.767. The van der Waals surface area contributed by atoms with E-state index in [1.807, 2.05) is 20.1 Å². The number of aliphatic carboxylic acids is 1. The maximum absolute atomic E-state index is 12.0. The lowest BCUT2D eigenvalue weighted by molar-refractivity contribution is -0.151. The number of hydrogen-bond donors (Lipinski definition) is 1. The lowest BCUT2D eigenvalue weighted by Crippen LogP contribution is -2.40. The minimum absolute atomic E-state index is 0.0546. The number of amides is 1. The highest BCUT2D eigenvalue weighted by Crippen LogP contribution is 2.38. The molecule has 18 heavy (non-hydrogen) atoms. The maximum Gasteiger partial charge on any atom is 0.311 e. The first kappa shape index (κ1) is 15.3. The van der Waals surface area contributed by atoms with Gasteiger partial charge in [0.15, 0.2) is 0 Å². The molecule has 0 aromatic carbocycles. The molecule has 1 aliphatic rings. The first-order valence-electron chi connectivity index (χ1n) is 6.44. The Kier molecular flexibility index (Phi) is 5.50. The SMILES string of the molecule is CSCCCC(=O)N1CCC(C(=O)O)(C(C)C)C1. The summed E-state index contributed by atoms with van der Waals surface area (Å²) in [5, 5.41) is 9.41. The van der Waals surface area contributed by atoms with Gasteiger partial charge < -0.3 is 10.0 Å². The van der Waals surface area contributed by atoms with Gasteiger partial charge >= 0.3 is 5.97 Å². The predicted molar refractivity (Wildman–Crippen MR) is 73.7 cm³/mol. The van der Waals surface area contributed by atoms with Crippen LogP contribution in [0.5, 0.6) is 0 Å². The van der Waals surface area contributed by atoms with Crippen molar-refractivity contribution in [3.63, 3.8) is 0 Å². The molecule has 0 aromatic heterocycles. The van der Waals surface area contributed by atoms with Crippen LogP contribution in [0.25, 0.3) is 0 Å². The summed E-state index contributed by atoms with van der Waals surface area (Å²) in [5.74, 6) is 0.372. The monoisotopic (exact) mass is 273 g/mol. The largest absolute Gasteiger partial charge is 0.481 e. The fourth-order valence-electron chi connectivity index (χ4n) is 2.46. The molecule has 0 radical (unpaired) electrons. The second-order valence-corrected chi connectivity index (χ2v) is 6.26. The molecule has 1 amide bonds. The molecule has 1 atom stereocenters. The molecular formula is C13H23NO3S. The van der Waals surface area contributed by atoms with Crippen molar-refractivity contribution >= 4 is 23.6 Å². The quantitative estimate of drug-likeness (QED) is 0.753. The van der Waals surface area contributed by atoms with Crippen LogP contribution in [0.1, 0.15) is 33.1 Å². The van der Waals surface area contributed by atoms with E-state index in [4.69, 9.17) is 0 Å². The predicted octanol–water partition coefficient (Wildman–Crippen LogP) is 2.09. The Balaban J connectivity index is 2.58. The summed E-state index contributed by atoms with van der Waals surface area (Å²) >= 11 is 1.73. The molecular weight excluding hydrogens is 250 g/mol. The topological polar surface area (TPSA) is 57.6 Å². The first-order chi connectivity index (χ1) is 8.44. The fourth-order valence-corrected chi connectivity index (χ4v) is 2.90. The van der Waals surface area contributed by atoms with Gasteiger partial charge in [-0.25, -0.2) is 0 Å². The van der Waals surface area contributed by atoms with Gasteiger partial charge in [-0.3, -0.25) is 9.59 Å². The molecule has 5 heteroatoms. The number of carbonyl (C=O) groups excluding carboxylic acids is 1. The first-order valence-corrected chi connectivity index (χ1v) is 7.83. The zero-order valence-electron chi connectivity index (χ0n) is 11.4. The highest BCUT2D eigenvalue weighted by atomic mass is 32.2. The lowest BCUT2D eigenvalue weighted by atomic mass is 9.76. The Labute approximate surface area is 113 Å². The average molecular weight is 273 g/mol. The molecule has 1 aliphatic heterocycles. The maximum atomic E-state index is 12.0. The second-order valence-electron chi connectivity index (χ2n) is 5.28. The molecule has 0 bridgehead atoms. The Morgan fingerprint density at radius 2 is 2.11 bits per heavy atom. The van der Waals surface area contributed by atoms with Gasteiger partial charge in [-0.1, -0.05) is 13.8 Å². The van der Waals surface area contributed by atoms with Crippen LogP contribution in [0.2, 0.25) is 0 Å². The number of carbonyl (C=O) groups is 2. The van der Waals surface area contributed by atoms with Gasteiger partial charge in [0, 0.05) is 19.5 Å². The number of rotatable bonds is 6. The van der Waals surface area contributed by atoms with Gasteiger partial charge in [0.25, 0.3) is 0 Å². The number of nitrogens with zero attached hydrogens (tertiary/aromatic N) is 1. The van der Waals surface area contributed by atoms with Gasteiger partial charge in [-0.15, -0.1) is 0 Å². The molecule has 1 unspecified atom stereocenters. The molecule has 1 N–H and O–H groups in total. The summed E-state index contributed by atoms with van der Waals surface area (Å²) in [7, 11) is 0. The van der Waals surface area contributed by atoms with Crippen molar-refractivity contribution in [3.05, 3.63) is 0 Å². The average Bonchev–Trinajstić information content (AvgIpc) is 2.75. The molecule has 104 valence electrons. The number of thioether (sulfide) groups is 1. The molecule has 1 fully saturated rings. The standard InChI is InChI=1S/C13H23NO3S/c1-10(2)13(12(16)17)6-7-14(9-13)11(15)5-4-8-18-3/h10H,4-9H2,1-3H3,(H,16,17). The number of carboxylic acid groups (broad SMARTS) is 1. The molecule has 1 heterocycles. The number of likely N-dealkylation sites (tertiary alicyclic amines) is 1. The number of carboxylic acids is 1. The van der Waals surface area contributed by atoms with Gasteiger partial charge in [0.1, 0.15) is 0 Å². The normalized spacial score (nSPS) is 23.7. The molecule has 0 spiro atoms. The number of hydrogen-bond acceptors (Lipinski definition) is 3. The summed E-state index contributed by atoms with van der Waals surface area (Å²) in [6.07, 6.45) is 4.01.